The third-order valence-electron chi connectivity index (χ3n) is 2.57. The van der Waals surface area contributed by atoms with Crippen LogP contribution in [-0.4, -0.2) is 10.8 Å². The second kappa shape index (κ2) is 4.82. The third kappa shape index (κ3) is 2.52. The van der Waals surface area contributed by atoms with Crippen molar-refractivity contribution in [3.8, 4) is 0 Å². The van der Waals surface area contributed by atoms with E-state index in [1.165, 1.54) is 9.26 Å². The largest absolute Gasteiger partial charge is 0.347 e. The van der Waals surface area contributed by atoms with Crippen LogP contribution >= 0.6 is 22.6 Å². The fraction of sp³-hybridized carbons (Fsp3) is 0.154. The van der Waals surface area contributed by atoms with Gasteiger partial charge in [-0.15, -0.1) is 0 Å². The summed E-state index contributed by atoms with van der Waals surface area (Å²) in [6.07, 6.45) is 1.90. The van der Waals surface area contributed by atoms with Gasteiger partial charge in [0.05, 0.1) is 17.6 Å². The molecule has 0 radical (unpaired) electrons. The van der Waals surface area contributed by atoms with Crippen LogP contribution in [0.5, 0.6) is 0 Å². The molecule has 3 heteroatoms. The van der Waals surface area contributed by atoms with E-state index >= 15 is 0 Å². The van der Waals surface area contributed by atoms with Crippen LogP contribution in [0.3, 0.4) is 0 Å². The Hall–Kier alpha value is -1.10. The number of rotatable bonds is 2. The number of aliphatic imine (C=N–C) groups is 1. The summed E-state index contributed by atoms with van der Waals surface area (Å²) < 4.78 is 3.33. The number of hydrogen-bond acceptors (Lipinski definition) is 1. The van der Waals surface area contributed by atoms with Crippen molar-refractivity contribution in [2.45, 2.75) is 6.92 Å². The van der Waals surface area contributed by atoms with Gasteiger partial charge in [-0.1, -0.05) is 6.07 Å². The molecule has 2 nitrogen and oxygen atoms in total. The summed E-state index contributed by atoms with van der Waals surface area (Å²) in [4.78, 5) is 4.46. The summed E-state index contributed by atoms with van der Waals surface area (Å²) in [6.45, 7) is 2.09. The molecule has 0 saturated heterocycles. The summed E-state index contributed by atoms with van der Waals surface area (Å²) in [5.74, 6) is 0. The Morgan fingerprint density at radius 2 is 2.06 bits per heavy atom. The summed E-state index contributed by atoms with van der Waals surface area (Å²) in [7, 11) is 2.05. The molecular weight excluding hydrogens is 311 g/mol. The minimum atomic E-state index is 0.991. The van der Waals surface area contributed by atoms with E-state index in [9.17, 15) is 0 Å². The molecule has 2 aromatic rings. The van der Waals surface area contributed by atoms with Crippen molar-refractivity contribution in [3.63, 3.8) is 0 Å². The quantitative estimate of drug-likeness (QED) is 0.592. The third-order valence-corrected chi connectivity index (χ3v) is 3.24. The molecule has 16 heavy (non-hydrogen) atoms. The first-order chi connectivity index (χ1) is 7.66. The average Bonchev–Trinajstić information content (AvgIpc) is 2.57. The summed E-state index contributed by atoms with van der Waals surface area (Å²) >= 11 is 2.29. The Balaban J connectivity index is 2.24. The van der Waals surface area contributed by atoms with Gasteiger partial charge in [-0.05, 0) is 59.8 Å². The van der Waals surface area contributed by atoms with Crippen molar-refractivity contribution in [2.75, 3.05) is 0 Å². The van der Waals surface area contributed by atoms with E-state index < -0.39 is 0 Å². The zero-order valence-electron chi connectivity index (χ0n) is 9.31. The van der Waals surface area contributed by atoms with E-state index in [-0.39, 0.29) is 0 Å². The number of halogens is 1. The summed E-state index contributed by atoms with van der Waals surface area (Å²) in [5, 5.41) is 0. The zero-order chi connectivity index (χ0) is 11.5. The number of hydrogen-bond donors (Lipinski definition) is 0. The smallest absolute Gasteiger partial charge is 0.0641 e. The van der Waals surface area contributed by atoms with Crippen LogP contribution in [0, 0.1) is 10.5 Å². The van der Waals surface area contributed by atoms with Crippen molar-refractivity contribution in [3.05, 3.63) is 51.4 Å². The summed E-state index contributed by atoms with van der Waals surface area (Å²) in [6, 6.07) is 12.3. The van der Waals surface area contributed by atoms with Crippen molar-refractivity contribution in [2.24, 2.45) is 12.0 Å². The molecule has 0 spiro atoms. The molecule has 0 aliphatic rings. The molecule has 0 N–H and O–H groups in total. The van der Waals surface area contributed by atoms with Crippen LogP contribution < -0.4 is 0 Å². The maximum atomic E-state index is 4.46. The van der Waals surface area contributed by atoms with E-state index in [0.29, 0.717) is 0 Å². The van der Waals surface area contributed by atoms with Gasteiger partial charge in [-0.25, -0.2) is 0 Å². The van der Waals surface area contributed by atoms with E-state index in [4.69, 9.17) is 0 Å². The Morgan fingerprint density at radius 3 is 2.69 bits per heavy atom. The van der Waals surface area contributed by atoms with Gasteiger partial charge in [0.2, 0.25) is 0 Å². The molecule has 0 aliphatic heterocycles. The molecule has 0 atom stereocenters. The molecule has 1 heterocycles. The second-order valence-electron chi connectivity index (χ2n) is 3.70. The maximum absolute atomic E-state index is 4.46. The molecule has 0 fully saturated rings. The fourth-order valence-electron chi connectivity index (χ4n) is 1.46. The van der Waals surface area contributed by atoms with E-state index in [1.54, 1.807) is 0 Å². The van der Waals surface area contributed by atoms with E-state index in [1.807, 2.05) is 25.4 Å². The van der Waals surface area contributed by atoms with Crippen LogP contribution in [0.25, 0.3) is 0 Å². The minimum Gasteiger partial charge on any atom is -0.347 e. The lowest BCUT2D eigenvalue weighted by molar-refractivity contribution is 0.874. The lowest BCUT2D eigenvalue weighted by atomic mass is 10.3. The van der Waals surface area contributed by atoms with Gasteiger partial charge in [0, 0.05) is 16.3 Å². The second-order valence-corrected chi connectivity index (χ2v) is 4.94. The predicted molar refractivity (Wildman–Crippen MR) is 76.6 cm³/mol. The first-order valence-corrected chi connectivity index (χ1v) is 6.16. The first-order valence-electron chi connectivity index (χ1n) is 5.09. The van der Waals surface area contributed by atoms with Gasteiger partial charge >= 0.3 is 0 Å². The number of benzene rings is 1. The molecule has 1 aromatic carbocycles. The van der Waals surface area contributed by atoms with Gasteiger partial charge < -0.3 is 4.57 Å². The molecule has 82 valence electrons. The Morgan fingerprint density at radius 1 is 1.25 bits per heavy atom. The van der Waals surface area contributed by atoms with Crippen LogP contribution in [0.4, 0.5) is 5.69 Å². The van der Waals surface area contributed by atoms with Crippen LogP contribution in [-0.2, 0) is 7.05 Å². The van der Waals surface area contributed by atoms with Crippen LogP contribution in [0.2, 0.25) is 0 Å². The number of aromatic nitrogens is 1. The van der Waals surface area contributed by atoms with Gasteiger partial charge in [-0.2, -0.15) is 0 Å². The molecule has 0 bridgehead atoms. The monoisotopic (exact) mass is 324 g/mol. The lowest BCUT2D eigenvalue weighted by Crippen LogP contribution is -1.96. The molecule has 0 saturated carbocycles. The van der Waals surface area contributed by atoms with Crippen LogP contribution in [0.1, 0.15) is 11.4 Å². The van der Waals surface area contributed by atoms with E-state index in [2.05, 4.69) is 63.3 Å². The molecule has 0 amide bonds. The van der Waals surface area contributed by atoms with Crippen molar-refractivity contribution in [1.29, 1.82) is 0 Å². The standard InChI is InChI=1S/C13H13IN2/c1-10-6-7-13(16(10)2)9-15-12-5-3-4-11(14)8-12/h3-9H,1-2H3. The maximum Gasteiger partial charge on any atom is 0.0641 e. The highest BCUT2D eigenvalue weighted by Crippen LogP contribution is 2.15. The summed E-state index contributed by atoms with van der Waals surface area (Å²) in [5.41, 5.74) is 3.35. The van der Waals surface area contributed by atoms with Gasteiger partial charge in [0.25, 0.3) is 0 Å². The van der Waals surface area contributed by atoms with Gasteiger partial charge in [0.15, 0.2) is 0 Å². The van der Waals surface area contributed by atoms with Crippen molar-refractivity contribution >= 4 is 34.5 Å². The molecular formula is C13H13IN2. The van der Waals surface area contributed by atoms with Crippen molar-refractivity contribution in [1.82, 2.24) is 4.57 Å². The van der Waals surface area contributed by atoms with Gasteiger partial charge in [0.1, 0.15) is 0 Å². The SMILES string of the molecule is Cc1ccc(C=Nc2cccc(I)c2)n1C. The predicted octanol–water partition coefficient (Wildman–Crippen LogP) is 3.69. The van der Waals surface area contributed by atoms with Gasteiger partial charge in [-0.3, -0.25) is 4.99 Å². The van der Waals surface area contributed by atoms with E-state index in [0.717, 1.165) is 11.4 Å². The lowest BCUT2D eigenvalue weighted by Gasteiger charge is -1.99. The average molecular weight is 324 g/mol. The Kier molecular flexibility index (Phi) is 3.43. The molecule has 0 unspecified atom stereocenters. The highest BCUT2D eigenvalue weighted by molar-refractivity contribution is 14.1. The molecule has 2 rings (SSSR count). The zero-order valence-corrected chi connectivity index (χ0v) is 11.5. The minimum absolute atomic E-state index is 0.991. The number of aryl methyl sites for hydroxylation is 1. The first kappa shape index (κ1) is 11.4. The molecule has 0 aliphatic carbocycles. The Labute approximate surface area is 109 Å². The van der Waals surface area contributed by atoms with Crippen LogP contribution in [0.15, 0.2) is 41.4 Å². The molecule has 1 aromatic heterocycles. The topological polar surface area (TPSA) is 17.3 Å². The van der Waals surface area contributed by atoms with Crippen molar-refractivity contribution < 1.29 is 0 Å². The normalized spacial score (nSPS) is 11.2. The number of nitrogens with zero attached hydrogens (tertiary/aromatic N) is 2. The highest BCUT2D eigenvalue weighted by Gasteiger charge is 1.97. The highest BCUT2D eigenvalue weighted by atomic mass is 127. The Bertz CT molecular complexity index is 526. The fourth-order valence-corrected chi connectivity index (χ4v) is 1.99.